The van der Waals surface area contributed by atoms with Crippen LogP contribution in [-0.4, -0.2) is 14.8 Å². The Morgan fingerprint density at radius 1 is 1.22 bits per heavy atom. The summed E-state index contributed by atoms with van der Waals surface area (Å²) >= 11 is 18.0. The molecule has 0 fully saturated rings. The molecule has 0 spiro atoms. The summed E-state index contributed by atoms with van der Waals surface area (Å²) in [6, 6.07) is 5.47. The maximum Gasteiger partial charge on any atom is 0.165 e. The molecule has 18 heavy (non-hydrogen) atoms. The number of nitrogens with zero attached hydrogens (tertiary/aromatic N) is 3. The third kappa shape index (κ3) is 2.48. The average Bonchev–Trinajstić information content (AvgIpc) is 2.75. The fourth-order valence-corrected chi connectivity index (χ4v) is 2.37. The largest absolute Gasteiger partial charge is 0.307 e. The lowest BCUT2D eigenvalue weighted by Gasteiger charge is -2.13. The number of aromatic nitrogens is 3. The molecule has 0 N–H and O–H groups in total. The molecule has 6 heteroatoms. The Hall–Kier alpha value is -0.770. The lowest BCUT2D eigenvalue weighted by molar-refractivity contribution is 0.585. The molecular formula is C12H12Cl3N3. The van der Waals surface area contributed by atoms with Crippen LogP contribution in [0, 0.1) is 0 Å². The van der Waals surface area contributed by atoms with Crippen molar-refractivity contribution in [3.8, 4) is 11.4 Å². The van der Waals surface area contributed by atoms with Gasteiger partial charge in [-0.15, -0.1) is 21.8 Å². The van der Waals surface area contributed by atoms with Gasteiger partial charge in [-0.2, -0.15) is 0 Å². The maximum atomic E-state index is 6.19. The molecule has 96 valence electrons. The SMILES string of the molecule is CC(C)n1c(CCl)nnc1-c1cc(Cl)ccc1Cl. The number of alkyl halides is 1. The molecule has 0 aliphatic heterocycles. The molecule has 0 radical (unpaired) electrons. The van der Waals surface area contributed by atoms with Crippen molar-refractivity contribution >= 4 is 34.8 Å². The molecular weight excluding hydrogens is 293 g/mol. The van der Waals surface area contributed by atoms with E-state index in [1.165, 1.54) is 0 Å². The van der Waals surface area contributed by atoms with E-state index in [0.29, 0.717) is 21.7 Å². The van der Waals surface area contributed by atoms with Gasteiger partial charge in [0.1, 0.15) is 5.82 Å². The summed E-state index contributed by atoms with van der Waals surface area (Å²) in [6.45, 7) is 4.09. The van der Waals surface area contributed by atoms with Crippen molar-refractivity contribution in [3.63, 3.8) is 0 Å². The number of rotatable bonds is 3. The Labute approximate surface area is 121 Å². The van der Waals surface area contributed by atoms with Crippen molar-refractivity contribution in [1.82, 2.24) is 14.8 Å². The second-order valence-corrected chi connectivity index (χ2v) is 5.27. The topological polar surface area (TPSA) is 30.7 Å². The quantitative estimate of drug-likeness (QED) is 0.778. The standard InChI is InChI=1S/C12H12Cl3N3/c1-7(2)18-11(6-13)16-17-12(18)9-5-8(14)3-4-10(9)15/h3-5,7H,6H2,1-2H3. The molecule has 0 bridgehead atoms. The van der Waals surface area contributed by atoms with E-state index in [1.807, 2.05) is 18.4 Å². The molecule has 0 aliphatic carbocycles. The van der Waals surface area contributed by atoms with Crippen LogP contribution in [0.2, 0.25) is 10.0 Å². The third-order valence-corrected chi connectivity index (χ3v) is 3.38. The van der Waals surface area contributed by atoms with E-state index in [0.717, 1.165) is 11.4 Å². The minimum absolute atomic E-state index is 0.193. The van der Waals surface area contributed by atoms with Gasteiger partial charge in [0.05, 0.1) is 10.9 Å². The summed E-state index contributed by atoms with van der Waals surface area (Å²) in [5, 5.41) is 9.45. The van der Waals surface area contributed by atoms with Crippen LogP contribution >= 0.6 is 34.8 Å². The van der Waals surface area contributed by atoms with Gasteiger partial charge >= 0.3 is 0 Å². The van der Waals surface area contributed by atoms with Crippen LogP contribution < -0.4 is 0 Å². The van der Waals surface area contributed by atoms with Crippen molar-refractivity contribution in [2.24, 2.45) is 0 Å². The first-order valence-corrected chi connectivity index (χ1v) is 6.78. The summed E-state index contributed by atoms with van der Waals surface area (Å²) < 4.78 is 1.96. The number of hydrogen-bond donors (Lipinski definition) is 0. The number of benzene rings is 1. The first-order valence-electron chi connectivity index (χ1n) is 5.49. The zero-order chi connectivity index (χ0) is 13.3. The molecule has 3 nitrogen and oxygen atoms in total. The molecule has 0 atom stereocenters. The first-order chi connectivity index (χ1) is 8.54. The Bertz CT molecular complexity index is 564. The predicted molar refractivity (Wildman–Crippen MR) is 75.4 cm³/mol. The van der Waals surface area contributed by atoms with Gasteiger partial charge in [0.25, 0.3) is 0 Å². The van der Waals surface area contributed by atoms with Gasteiger partial charge in [-0.25, -0.2) is 0 Å². The van der Waals surface area contributed by atoms with Crippen LogP contribution in [0.25, 0.3) is 11.4 Å². The fourth-order valence-electron chi connectivity index (χ4n) is 1.81. The van der Waals surface area contributed by atoms with Gasteiger partial charge in [-0.05, 0) is 32.0 Å². The van der Waals surface area contributed by atoms with Crippen LogP contribution in [0.15, 0.2) is 18.2 Å². The van der Waals surface area contributed by atoms with Gasteiger partial charge in [0, 0.05) is 16.6 Å². The molecule has 0 unspecified atom stereocenters. The van der Waals surface area contributed by atoms with Crippen molar-refractivity contribution in [1.29, 1.82) is 0 Å². The summed E-state index contributed by atoms with van der Waals surface area (Å²) in [5.74, 6) is 1.72. The molecule has 1 aromatic carbocycles. The monoisotopic (exact) mass is 303 g/mol. The summed E-state index contributed by atoms with van der Waals surface area (Å²) in [6.07, 6.45) is 0. The highest BCUT2D eigenvalue weighted by Gasteiger charge is 2.17. The summed E-state index contributed by atoms with van der Waals surface area (Å²) in [4.78, 5) is 0. The molecule has 0 saturated carbocycles. The van der Waals surface area contributed by atoms with Crippen molar-refractivity contribution in [3.05, 3.63) is 34.1 Å². The van der Waals surface area contributed by atoms with E-state index in [4.69, 9.17) is 34.8 Å². The Morgan fingerprint density at radius 3 is 2.56 bits per heavy atom. The van der Waals surface area contributed by atoms with E-state index < -0.39 is 0 Å². The van der Waals surface area contributed by atoms with Crippen LogP contribution in [0.1, 0.15) is 25.7 Å². The average molecular weight is 305 g/mol. The fraction of sp³-hybridized carbons (Fsp3) is 0.333. The second-order valence-electron chi connectivity index (χ2n) is 4.16. The van der Waals surface area contributed by atoms with Crippen LogP contribution in [0.5, 0.6) is 0 Å². The Balaban J connectivity index is 2.63. The van der Waals surface area contributed by atoms with Gasteiger partial charge < -0.3 is 4.57 Å². The minimum Gasteiger partial charge on any atom is -0.307 e. The Kier molecular flexibility index (Phi) is 4.15. The number of halogens is 3. The zero-order valence-electron chi connectivity index (χ0n) is 9.99. The molecule has 2 aromatic rings. The molecule has 0 aliphatic rings. The second kappa shape index (κ2) is 5.47. The highest BCUT2D eigenvalue weighted by atomic mass is 35.5. The van der Waals surface area contributed by atoms with Crippen LogP contribution in [-0.2, 0) is 5.88 Å². The van der Waals surface area contributed by atoms with E-state index >= 15 is 0 Å². The molecule has 0 amide bonds. The predicted octanol–water partition coefficient (Wildman–Crippen LogP) is 4.57. The van der Waals surface area contributed by atoms with Crippen molar-refractivity contribution in [2.75, 3.05) is 0 Å². The zero-order valence-corrected chi connectivity index (χ0v) is 12.3. The lowest BCUT2D eigenvalue weighted by atomic mass is 10.2. The normalized spacial score (nSPS) is 11.2. The number of hydrogen-bond acceptors (Lipinski definition) is 2. The summed E-state index contributed by atoms with van der Waals surface area (Å²) in [5.41, 5.74) is 0.765. The van der Waals surface area contributed by atoms with Gasteiger partial charge in [0.2, 0.25) is 0 Å². The smallest absolute Gasteiger partial charge is 0.165 e. The molecule has 0 saturated heterocycles. The maximum absolute atomic E-state index is 6.19. The van der Waals surface area contributed by atoms with Crippen molar-refractivity contribution < 1.29 is 0 Å². The highest BCUT2D eigenvalue weighted by Crippen LogP contribution is 2.31. The molecule has 1 heterocycles. The van der Waals surface area contributed by atoms with E-state index in [9.17, 15) is 0 Å². The van der Waals surface area contributed by atoms with Gasteiger partial charge in [-0.3, -0.25) is 0 Å². The van der Waals surface area contributed by atoms with Gasteiger partial charge in [-0.1, -0.05) is 23.2 Å². The van der Waals surface area contributed by atoms with E-state index in [2.05, 4.69) is 10.2 Å². The lowest BCUT2D eigenvalue weighted by Crippen LogP contribution is -2.07. The van der Waals surface area contributed by atoms with Crippen molar-refractivity contribution in [2.45, 2.75) is 25.8 Å². The first kappa shape index (κ1) is 13.7. The third-order valence-electron chi connectivity index (χ3n) is 2.57. The molecule has 2 rings (SSSR count). The highest BCUT2D eigenvalue weighted by molar-refractivity contribution is 6.35. The molecule has 1 aromatic heterocycles. The minimum atomic E-state index is 0.193. The van der Waals surface area contributed by atoms with Crippen LogP contribution in [0.4, 0.5) is 0 Å². The Morgan fingerprint density at radius 2 is 1.94 bits per heavy atom. The van der Waals surface area contributed by atoms with E-state index in [1.54, 1.807) is 18.2 Å². The van der Waals surface area contributed by atoms with Crippen LogP contribution in [0.3, 0.4) is 0 Å². The summed E-state index contributed by atoms with van der Waals surface area (Å²) in [7, 11) is 0. The van der Waals surface area contributed by atoms with Gasteiger partial charge in [0.15, 0.2) is 5.82 Å². The van der Waals surface area contributed by atoms with E-state index in [-0.39, 0.29) is 6.04 Å².